The fourth-order valence-corrected chi connectivity index (χ4v) is 3.85. The van der Waals surface area contributed by atoms with Crippen LogP contribution in [-0.2, 0) is 5.75 Å². The van der Waals surface area contributed by atoms with Gasteiger partial charge >= 0.3 is 0 Å². The van der Waals surface area contributed by atoms with Crippen molar-refractivity contribution in [1.29, 1.82) is 0 Å². The Labute approximate surface area is 113 Å². The largest absolute Gasteiger partial charge is 0.374 e. The van der Waals surface area contributed by atoms with Gasteiger partial charge in [0, 0.05) is 5.75 Å². The molecule has 0 aliphatic heterocycles. The predicted octanol–water partition coefficient (Wildman–Crippen LogP) is 3.19. The van der Waals surface area contributed by atoms with Crippen molar-refractivity contribution in [3.63, 3.8) is 0 Å². The maximum Gasteiger partial charge on any atom is 0.203 e. The Morgan fingerprint density at radius 3 is 2.65 bits per heavy atom. The Morgan fingerprint density at radius 1 is 1.29 bits per heavy atom. The fourth-order valence-electron chi connectivity index (χ4n) is 1.28. The molecule has 0 aliphatic carbocycles. The van der Waals surface area contributed by atoms with Crippen LogP contribution < -0.4 is 5.73 Å². The van der Waals surface area contributed by atoms with Crippen molar-refractivity contribution in [3.8, 4) is 9.88 Å². The van der Waals surface area contributed by atoms with Crippen LogP contribution in [-0.4, -0.2) is 20.4 Å². The van der Waals surface area contributed by atoms with Crippen LogP contribution in [0.2, 0.25) is 0 Å². The summed E-state index contributed by atoms with van der Waals surface area (Å²) in [5, 5.41) is 11.0. The Bertz CT molecular complexity index is 503. The van der Waals surface area contributed by atoms with Crippen LogP contribution in [0.25, 0.3) is 9.88 Å². The van der Waals surface area contributed by atoms with E-state index in [1.165, 1.54) is 11.3 Å². The van der Waals surface area contributed by atoms with E-state index in [2.05, 4.69) is 29.0 Å². The molecule has 0 saturated heterocycles. The van der Waals surface area contributed by atoms with Crippen molar-refractivity contribution in [2.24, 2.45) is 0 Å². The van der Waals surface area contributed by atoms with E-state index >= 15 is 0 Å². The second-order valence-corrected chi connectivity index (χ2v) is 7.48. The van der Waals surface area contributed by atoms with Gasteiger partial charge in [-0.15, -0.1) is 21.5 Å². The van der Waals surface area contributed by atoms with Gasteiger partial charge in [-0.1, -0.05) is 25.2 Å². The average Bonchev–Trinajstić information content (AvgIpc) is 2.82. The first-order valence-corrected chi connectivity index (χ1v) is 7.91. The molecule has 17 heavy (non-hydrogen) atoms. The van der Waals surface area contributed by atoms with E-state index in [1.807, 2.05) is 18.7 Å². The van der Waals surface area contributed by atoms with Crippen molar-refractivity contribution in [1.82, 2.24) is 15.2 Å². The summed E-state index contributed by atoms with van der Waals surface area (Å²) < 4.78 is 0. The molecule has 0 aliphatic rings. The highest BCUT2D eigenvalue weighted by Crippen LogP contribution is 2.34. The SMILES string of the molecule is Cc1nc(CSC(C)C)sc1-c1nnc(N)s1. The molecule has 2 aromatic rings. The van der Waals surface area contributed by atoms with Crippen molar-refractivity contribution >= 4 is 39.6 Å². The summed E-state index contributed by atoms with van der Waals surface area (Å²) in [6.07, 6.45) is 0. The number of nitrogens with two attached hydrogens (primary N) is 1. The van der Waals surface area contributed by atoms with E-state index in [0.717, 1.165) is 26.3 Å². The first-order valence-electron chi connectivity index (χ1n) is 5.23. The van der Waals surface area contributed by atoms with E-state index in [9.17, 15) is 0 Å². The van der Waals surface area contributed by atoms with Crippen LogP contribution >= 0.6 is 34.4 Å². The first-order chi connectivity index (χ1) is 8.06. The molecule has 2 rings (SSSR count). The zero-order chi connectivity index (χ0) is 12.4. The zero-order valence-corrected chi connectivity index (χ0v) is 12.4. The van der Waals surface area contributed by atoms with E-state index in [-0.39, 0.29) is 0 Å². The van der Waals surface area contributed by atoms with E-state index < -0.39 is 0 Å². The summed E-state index contributed by atoms with van der Waals surface area (Å²) >= 11 is 5.00. The zero-order valence-electron chi connectivity index (χ0n) is 9.93. The van der Waals surface area contributed by atoms with E-state index in [1.54, 1.807) is 11.3 Å². The lowest BCUT2D eigenvalue weighted by atomic mass is 10.4. The van der Waals surface area contributed by atoms with Crippen molar-refractivity contribution < 1.29 is 0 Å². The Balaban J connectivity index is 2.19. The molecule has 0 radical (unpaired) electrons. The molecule has 7 heteroatoms. The van der Waals surface area contributed by atoms with Crippen LogP contribution in [0.4, 0.5) is 5.13 Å². The topological polar surface area (TPSA) is 64.7 Å². The third-order valence-corrected chi connectivity index (χ3v) is 5.37. The minimum atomic E-state index is 0.505. The van der Waals surface area contributed by atoms with Crippen LogP contribution in [0.3, 0.4) is 0 Å². The number of nitrogens with zero attached hydrogens (tertiary/aromatic N) is 3. The molecule has 0 spiro atoms. The molecule has 2 N–H and O–H groups in total. The van der Waals surface area contributed by atoms with Gasteiger partial charge in [0.1, 0.15) is 5.01 Å². The third-order valence-electron chi connectivity index (χ3n) is 2.02. The highest BCUT2D eigenvalue weighted by molar-refractivity contribution is 7.99. The highest BCUT2D eigenvalue weighted by Gasteiger charge is 2.14. The molecule has 0 amide bonds. The summed E-state index contributed by atoms with van der Waals surface area (Å²) in [6, 6.07) is 0. The number of rotatable bonds is 4. The standard InChI is InChI=1S/C10H14N4S3/c1-5(2)15-4-7-12-6(3)8(16-7)9-13-14-10(11)17-9/h5H,4H2,1-3H3,(H2,11,14). The van der Waals surface area contributed by atoms with Gasteiger partial charge in [0.25, 0.3) is 0 Å². The number of aryl methyl sites for hydroxylation is 1. The molecule has 0 bridgehead atoms. The summed E-state index contributed by atoms with van der Waals surface area (Å²) in [5.41, 5.74) is 6.62. The normalized spacial score (nSPS) is 11.3. The molecule has 0 aromatic carbocycles. The van der Waals surface area contributed by atoms with Gasteiger partial charge in [0.05, 0.1) is 10.6 Å². The second-order valence-electron chi connectivity index (χ2n) is 3.83. The maximum absolute atomic E-state index is 5.60. The van der Waals surface area contributed by atoms with Gasteiger partial charge in [-0.2, -0.15) is 11.8 Å². The fraction of sp³-hybridized carbons (Fsp3) is 0.500. The van der Waals surface area contributed by atoms with Gasteiger partial charge in [0.15, 0.2) is 5.01 Å². The Morgan fingerprint density at radius 2 is 2.06 bits per heavy atom. The van der Waals surface area contributed by atoms with Gasteiger partial charge in [-0.3, -0.25) is 0 Å². The highest BCUT2D eigenvalue weighted by atomic mass is 32.2. The van der Waals surface area contributed by atoms with Gasteiger partial charge in [-0.05, 0) is 12.2 Å². The van der Waals surface area contributed by atoms with Gasteiger partial charge in [0.2, 0.25) is 5.13 Å². The maximum atomic E-state index is 5.60. The van der Waals surface area contributed by atoms with Crippen molar-refractivity contribution in [2.75, 3.05) is 5.73 Å². The lowest BCUT2D eigenvalue weighted by Crippen LogP contribution is -1.88. The van der Waals surface area contributed by atoms with Crippen molar-refractivity contribution in [3.05, 3.63) is 10.7 Å². The van der Waals surface area contributed by atoms with E-state index in [4.69, 9.17) is 5.73 Å². The predicted molar refractivity (Wildman–Crippen MR) is 76.6 cm³/mol. The van der Waals surface area contributed by atoms with Crippen LogP contribution in [0.1, 0.15) is 24.5 Å². The smallest absolute Gasteiger partial charge is 0.203 e. The quantitative estimate of drug-likeness (QED) is 0.935. The Kier molecular flexibility index (Phi) is 4.01. The lowest BCUT2D eigenvalue weighted by molar-refractivity contribution is 1.09. The monoisotopic (exact) mass is 286 g/mol. The van der Waals surface area contributed by atoms with Gasteiger partial charge in [-0.25, -0.2) is 4.98 Å². The molecule has 2 heterocycles. The molecule has 0 saturated carbocycles. The number of anilines is 1. The number of hydrogen-bond acceptors (Lipinski definition) is 7. The summed E-state index contributed by atoms with van der Waals surface area (Å²) in [4.78, 5) is 5.66. The molecular formula is C10H14N4S3. The molecular weight excluding hydrogens is 272 g/mol. The first kappa shape index (κ1) is 12.8. The summed E-state index contributed by atoms with van der Waals surface area (Å²) in [6.45, 7) is 6.39. The molecule has 2 aromatic heterocycles. The molecule has 0 unspecified atom stereocenters. The molecule has 4 nitrogen and oxygen atoms in total. The third kappa shape index (κ3) is 3.17. The number of nitrogen functional groups attached to an aromatic ring is 1. The minimum Gasteiger partial charge on any atom is -0.374 e. The van der Waals surface area contributed by atoms with Crippen LogP contribution in [0.5, 0.6) is 0 Å². The Hall–Kier alpha value is -0.660. The number of aromatic nitrogens is 3. The number of hydrogen-bond donors (Lipinski definition) is 1. The van der Waals surface area contributed by atoms with Gasteiger partial charge < -0.3 is 5.73 Å². The van der Waals surface area contributed by atoms with E-state index in [0.29, 0.717) is 10.4 Å². The average molecular weight is 286 g/mol. The molecule has 92 valence electrons. The summed E-state index contributed by atoms with van der Waals surface area (Å²) in [5.74, 6) is 0.956. The number of thiazole rings is 1. The molecule has 0 atom stereocenters. The van der Waals surface area contributed by atoms with Crippen LogP contribution in [0, 0.1) is 6.92 Å². The summed E-state index contributed by atoms with van der Waals surface area (Å²) in [7, 11) is 0. The number of thioether (sulfide) groups is 1. The second kappa shape index (κ2) is 5.32. The minimum absolute atomic E-state index is 0.505. The van der Waals surface area contributed by atoms with Crippen molar-refractivity contribution in [2.45, 2.75) is 31.8 Å². The van der Waals surface area contributed by atoms with Crippen LogP contribution in [0.15, 0.2) is 0 Å². The molecule has 0 fully saturated rings. The lowest BCUT2D eigenvalue weighted by Gasteiger charge is -2.00.